The van der Waals surface area contributed by atoms with E-state index in [1.165, 1.54) is 0 Å². The Labute approximate surface area is 136 Å². The maximum atomic E-state index is 5.65. The fraction of sp³-hybridized carbons (Fsp3) is 0.467. The summed E-state index contributed by atoms with van der Waals surface area (Å²) in [4.78, 5) is 0. The summed E-state index contributed by atoms with van der Waals surface area (Å²) < 4.78 is 15.8. The van der Waals surface area contributed by atoms with Crippen molar-refractivity contribution >= 4 is 23.5 Å². The van der Waals surface area contributed by atoms with E-state index in [2.05, 4.69) is 22.8 Å². The Hall–Kier alpha value is -1.86. The lowest BCUT2D eigenvalue weighted by Crippen LogP contribution is -2.34. The highest BCUT2D eigenvalue weighted by Crippen LogP contribution is 2.27. The van der Waals surface area contributed by atoms with Gasteiger partial charge in [-0.1, -0.05) is 6.92 Å². The van der Waals surface area contributed by atoms with Crippen molar-refractivity contribution in [2.24, 2.45) is 5.10 Å². The Morgan fingerprint density at radius 1 is 1.27 bits per heavy atom. The minimum atomic E-state index is 0.448. The van der Waals surface area contributed by atoms with Crippen LogP contribution in [-0.2, 0) is 4.74 Å². The highest BCUT2D eigenvalue weighted by Gasteiger charge is 2.04. The minimum absolute atomic E-state index is 0.448. The Morgan fingerprint density at radius 2 is 2.09 bits per heavy atom. The lowest BCUT2D eigenvalue weighted by Gasteiger charge is -2.10. The number of ether oxygens (including phenoxy) is 3. The predicted molar refractivity (Wildman–Crippen MR) is 92.0 cm³/mol. The zero-order valence-corrected chi connectivity index (χ0v) is 14.0. The fourth-order valence-corrected chi connectivity index (χ4v) is 1.72. The van der Waals surface area contributed by atoms with Crippen molar-refractivity contribution in [2.45, 2.75) is 13.3 Å². The van der Waals surface area contributed by atoms with Crippen LogP contribution in [0.15, 0.2) is 23.3 Å². The van der Waals surface area contributed by atoms with Crippen LogP contribution in [0, 0.1) is 0 Å². The molecule has 0 aliphatic rings. The molecule has 7 heteroatoms. The van der Waals surface area contributed by atoms with Gasteiger partial charge in [-0.05, 0) is 42.4 Å². The van der Waals surface area contributed by atoms with Crippen LogP contribution in [0.5, 0.6) is 11.5 Å². The van der Waals surface area contributed by atoms with Crippen LogP contribution in [0.25, 0.3) is 0 Å². The summed E-state index contributed by atoms with van der Waals surface area (Å²) in [6.07, 6.45) is 2.60. The van der Waals surface area contributed by atoms with Gasteiger partial charge in [0.25, 0.3) is 0 Å². The quantitative estimate of drug-likeness (QED) is 0.313. The second-order valence-corrected chi connectivity index (χ2v) is 4.79. The molecule has 1 aromatic rings. The molecule has 0 unspecified atom stereocenters. The van der Waals surface area contributed by atoms with E-state index in [0.29, 0.717) is 36.4 Å². The number of nitrogens with one attached hydrogen (secondary N) is 2. The molecule has 0 aliphatic carbocycles. The molecule has 0 bridgehead atoms. The van der Waals surface area contributed by atoms with Crippen molar-refractivity contribution < 1.29 is 14.2 Å². The van der Waals surface area contributed by atoms with Crippen molar-refractivity contribution in [3.8, 4) is 11.5 Å². The van der Waals surface area contributed by atoms with Crippen LogP contribution in [0.1, 0.15) is 18.9 Å². The van der Waals surface area contributed by atoms with E-state index in [0.717, 1.165) is 12.0 Å². The number of thiocarbonyl (C=S) groups is 1. The van der Waals surface area contributed by atoms with Gasteiger partial charge in [0.15, 0.2) is 16.6 Å². The van der Waals surface area contributed by atoms with Crippen LogP contribution in [0.3, 0.4) is 0 Å². The molecule has 6 nitrogen and oxygen atoms in total. The lowest BCUT2D eigenvalue weighted by atomic mass is 10.2. The summed E-state index contributed by atoms with van der Waals surface area (Å²) in [5, 5.41) is 7.49. The molecule has 1 rings (SSSR count). The third-order valence-electron chi connectivity index (χ3n) is 2.62. The van der Waals surface area contributed by atoms with Crippen LogP contribution < -0.4 is 20.2 Å². The number of hydrogen-bond acceptors (Lipinski definition) is 5. The molecule has 1 aromatic carbocycles. The van der Waals surface area contributed by atoms with Crippen LogP contribution in [-0.4, -0.2) is 45.3 Å². The van der Waals surface area contributed by atoms with Crippen LogP contribution >= 0.6 is 12.2 Å². The molecule has 0 saturated carbocycles. The van der Waals surface area contributed by atoms with E-state index in [1.54, 1.807) is 20.4 Å². The highest BCUT2D eigenvalue weighted by atomic mass is 32.1. The van der Waals surface area contributed by atoms with Crippen molar-refractivity contribution in [2.75, 3.05) is 34.0 Å². The summed E-state index contributed by atoms with van der Waals surface area (Å²) in [5.41, 5.74) is 3.63. The molecule has 2 N–H and O–H groups in total. The summed E-state index contributed by atoms with van der Waals surface area (Å²) in [6, 6.07) is 5.62. The highest BCUT2D eigenvalue weighted by molar-refractivity contribution is 7.80. The van der Waals surface area contributed by atoms with E-state index >= 15 is 0 Å². The van der Waals surface area contributed by atoms with Gasteiger partial charge in [0.05, 0.1) is 26.5 Å². The predicted octanol–water partition coefficient (Wildman–Crippen LogP) is 1.93. The molecule has 0 saturated heterocycles. The number of benzene rings is 1. The van der Waals surface area contributed by atoms with Crippen LogP contribution in [0.4, 0.5) is 0 Å². The number of rotatable bonds is 9. The minimum Gasteiger partial charge on any atom is -0.493 e. The third kappa shape index (κ3) is 6.73. The molecule has 0 aromatic heterocycles. The molecule has 0 radical (unpaired) electrons. The first-order valence-electron chi connectivity index (χ1n) is 7.08. The summed E-state index contributed by atoms with van der Waals surface area (Å²) in [6.45, 7) is 3.92. The smallest absolute Gasteiger partial charge is 0.187 e. The molecular weight excluding hydrogens is 302 g/mol. The van der Waals surface area contributed by atoms with Gasteiger partial charge in [-0.15, -0.1) is 0 Å². The zero-order chi connectivity index (χ0) is 16.2. The normalized spacial score (nSPS) is 10.5. The Bertz CT molecular complexity index is 495. The van der Waals surface area contributed by atoms with Crippen molar-refractivity contribution in [3.63, 3.8) is 0 Å². The number of methoxy groups -OCH3 is 2. The molecular formula is C15H23N3O3S. The maximum absolute atomic E-state index is 5.65. The molecule has 0 atom stereocenters. The van der Waals surface area contributed by atoms with E-state index in [4.69, 9.17) is 26.4 Å². The Balaban J connectivity index is 2.57. The second-order valence-electron chi connectivity index (χ2n) is 4.38. The Morgan fingerprint density at radius 3 is 2.77 bits per heavy atom. The van der Waals surface area contributed by atoms with Gasteiger partial charge in [0, 0.05) is 13.7 Å². The standard InChI is InChI=1S/C15H23N3O3S/c1-4-8-21-14-10-12(5-6-13(14)20-3)11-17-18-15(22)16-7-9-19-2/h5-6,10-11H,4,7-9H2,1-3H3,(H2,16,18,22)/b17-11-. The Kier molecular flexibility index (Phi) is 8.94. The molecule has 0 heterocycles. The van der Waals surface area contributed by atoms with Gasteiger partial charge in [0.2, 0.25) is 0 Å². The zero-order valence-electron chi connectivity index (χ0n) is 13.2. The fourth-order valence-electron chi connectivity index (χ4n) is 1.57. The monoisotopic (exact) mass is 325 g/mol. The van der Waals surface area contributed by atoms with Crippen molar-refractivity contribution in [1.29, 1.82) is 0 Å². The van der Waals surface area contributed by atoms with Gasteiger partial charge >= 0.3 is 0 Å². The van der Waals surface area contributed by atoms with Crippen molar-refractivity contribution in [1.82, 2.24) is 10.7 Å². The van der Waals surface area contributed by atoms with E-state index in [1.807, 2.05) is 18.2 Å². The molecule has 0 fully saturated rings. The van der Waals surface area contributed by atoms with Gasteiger partial charge < -0.3 is 19.5 Å². The largest absolute Gasteiger partial charge is 0.493 e. The SMILES string of the molecule is CCCOc1cc(/C=N\NC(=S)NCCOC)ccc1OC. The number of hydrogen-bond donors (Lipinski definition) is 2. The molecule has 0 amide bonds. The first-order chi connectivity index (χ1) is 10.7. The van der Waals surface area contributed by atoms with Gasteiger partial charge in [-0.2, -0.15) is 5.10 Å². The molecule has 22 heavy (non-hydrogen) atoms. The summed E-state index contributed by atoms with van der Waals surface area (Å²) >= 11 is 5.07. The average Bonchev–Trinajstić information content (AvgIpc) is 2.53. The van der Waals surface area contributed by atoms with E-state index < -0.39 is 0 Å². The van der Waals surface area contributed by atoms with E-state index in [-0.39, 0.29) is 0 Å². The van der Waals surface area contributed by atoms with Crippen molar-refractivity contribution in [3.05, 3.63) is 23.8 Å². The molecule has 0 aliphatic heterocycles. The second kappa shape index (κ2) is 10.8. The topological polar surface area (TPSA) is 64.1 Å². The molecule has 122 valence electrons. The average molecular weight is 325 g/mol. The van der Waals surface area contributed by atoms with E-state index in [9.17, 15) is 0 Å². The first-order valence-corrected chi connectivity index (χ1v) is 7.48. The molecule has 0 spiro atoms. The summed E-state index contributed by atoms with van der Waals surface area (Å²) in [7, 11) is 3.26. The van der Waals surface area contributed by atoms with Crippen LogP contribution in [0.2, 0.25) is 0 Å². The third-order valence-corrected chi connectivity index (χ3v) is 2.86. The first kappa shape index (κ1) is 18.2. The number of nitrogens with zero attached hydrogens (tertiary/aromatic N) is 1. The number of hydrazone groups is 1. The maximum Gasteiger partial charge on any atom is 0.187 e. The van der Waals surface area contributed by atoms with Gasteiger partial charge in [-0.3, -0.25) is 5.43 Å². The van der Waals surface area contributed by atoms with Gasteiger partial charge in [-0.25, -0.2) is 0 Å². The summed E-state index contributed by atoms with van der Waals surface area (Å²) in [5.74, 6) is 1.41. The van der Waals surface area contributed by atoms with Gasteiger partial charge in [0.1, 0.15) is 0 Å². The lowest BCUT2D eigenvalue weighted by molar-refractivity contribution is 0.204.